The summed E-state index contributed by atoms with van der Waals surface area (Å²) in [4.78, 5) is 4.45. The molecule has 0 aromatic carbocycles. The van der Waals surface area contributed by atoms with Gasteiger partial charge in [-0.25, -0.2) is 4.98 Å². The number of hydrogen-bond donors (Lipinski definition) is 1. The number of nitrogens with zero attached hydrogens (tertiary/aromatic N) is 2. The summed E-state index contributed by atoms with van der Waals surface area (Å²) in [5.74, 6) is 2.14. The molecule has 0 spiro atoms. The molecule has 0 bridgehead atoms. The zero-order valence-corrected chi connectivity index (χ0v) is 11.1. The SMILES string of the molecule is COCCNc1nc(C)cn1CCCSC. The van der Waals surface area contributed by atoms with Crippen LogP contribution >= 0.6 is 11.8 Å². The Kier molecular flexibility index (Phi) is 6.33. The molecule has 0 fully saturated rings. The van der Waals surface area contributed by atoms with Crippen LogP contribution in [0.4, 0.5) is 5.95 Å². The second kappa shape index (κ2) is 7.57. The van der Waals surface area contributed by atoms with Crippen molar-refractivity contribution in [2.24, 2.45) is 0 Å². The predicted molar refractivity (Wildman–Crippen MR) is 70.3 cm³/mol. The van der Waals surface area contributed by atoms with Crippen LogP contribution in [0, 0.1) is 6.92 Å². The minimum Gasteiger partial charge on any atom is -0.383 e. The van der Waals surface area contributed by atoms with E-state index in [9.17, 15) is 0 Å². The highest BCUT2D eigenvalue weighted by Gasteiger charge is 2.04. The summed E-state index contributed by atoms with van der Waals surface area (Å²) >= 11 is 1.88. The van der Waals surface area contributed by atoms with Crippen LogP contribution in [-0.4, -0.2) is 41.8 Å². The van der Waals surface area contributed by atoms with Crippen molar-refractivity contribution in [1.29, 1.82) is 0 Å². The Labute approximate surface area is 102 Å². The number of rotatable bonds is 8. The van der Waals surface area contributed by atoms with E-state index in [1.807, 2.05) is 18.7 Å². The topological polar surface area (TPSA) is 39.1 Å². The van der Waals surface area contributed by atoms with Crippen molar-refractivity contribution in [1.82, 2.24) is 9.55 Å². The fourth-order valence-corrected chi connectivity index (χ4v) is 1.92. The summed E-state index contributed by atoms with van der Waals surface area (Å²) in [5, 5.41) is 3.28. The molecule has 1 aromatic rings. The summed E-state index contributed by atoms with van der Waals surface area (Å²) in [5.41, 5.74) is 1.06. The molecular formula is C11H21N3OS. The lowest BCUT2D eigenvalue weighted by Gasteiger charge is -2.08. The van der Waals surface area contributed by atoms with Crippen LogP contribution in [0.5, 0.6) is 0 Å². The summed E-state index contributed by atoms with van der Waals surface area (Å²) in [6.45, 7) is 4.55. The molecule has 0 atom stereocenters. The Morgan fingerprint density at radius 1 is 1.56 bits per heavy atom. The minimum absolute atomic E-state index is 0.705. The first kappa shape index (κ1) is 13.4. The Morgan fingerprint density at radius 2 is 2.38 bits per heavy atom. The third kappa shape index (κ3) is 4.45. The maximum absolute atomic E-state index is 5.01. The molecule has 0 unspecified atom stereocenters. The molecule has 0 amide bonds. The molecule has 92 valence electrons. The first-order valence-corrected chi connectivity index (χ1v) is 6.93. The van der Waals surface area contributed by atoms with Crippen molar-refractivity contribution < 1.29 is 4.74 Å². The van der Waals surface area contributed by atoms with E-state index >= 15 is 0 Å². The van der Waals surface area contributed by atoms with Gasteiger partial charge in [0.05, 0.1) is 12.3 Å². The van der Waals surface area contributed by atoms with E-state index < -0.39 is 0 Å². The van der Waals surface area contributed by atoms with Gasteiger partial charge in [-0.2, -0.15) is 11.8 Å². The largest absolute Gasteiger partial charge is 0.383 e. The van der Waals surface area contributed by atoms with Crippen LogP contribution in [0.3, 0.4) is 0 Å². The van der Waals surface area contributed by atoms with E-state index in [1.165, 1.54) is 12.2 Å². The van der Waals surface area contributed by atoms with Crippen LogP contribution in [-0.2, 0) is 11.3 Å². The highest BCUT2D eigenvalue weighted by molar-refractivity contribution is 7.98. The van der Waals surface area contributed by atoms with E-state index in [0.29, 0.717) is 6.61 Å². The first-order chi connectivity index (χ1) is 7.77. The Hall–Kier alpha value is -0.680. The van der Waals surface area contributed by atoms with Crippen LogP contribution in [0.2, 0.25) is 0 Å². The molecule has 1 N–H and O–H groups in total. The second-order valence-electron chi connectivity index (χ2n) is 3.67. The monoisotopic (exact) mass is 243 g/mol. The van der Waals surface area contributed by atoms with Gasteiger partial charge in [0.1, 0.15) is 0 Å². The van der Waals surface area contributed by atoms with E-state index in [-0.39, 0.29) is 0 Å². The van der Waals surface area contributed by atoms with Gasteiger partial charge in [-0.3, -0.25) is 0 Å². The zero-order valence-electron chi connectivity index (χ0n) is 10.3. The van der Waals surface area contributed by atoms with Crippen LogP contribution in [0.25, 0.3) is 0 Å². The normalized spacial score (nSPS) is 10.7. The van der Waals surface area contributed by atoms with Gasteiger partial charge in [-0.05, 0) is 25.4 Å². The smallest absolute Gasteiger partial charge is 0.203 e. The number of thioether (sulfide) groups is 1. The molecule has 4 nitrogen and oxygen atoms in total. The average Bonchev–Trinajstić information content (AvgIpc) is 2.60. The fraction of sp³-hybridized carbons (Fsp3) is 0.727. The third-order valence-electron chi connectivity index (χ3n) is 2.23. The number of aryl methyl sites for hydroxylation is 2. The van der Waals surface area contributed by atoms with E-state index in [1.54, 1.807) is 7.11 Å². The van der Waals surface area contributed by atoms with Crippen molar-refractivity contribution in [3.63, 3.8) is 0 Å². The van der Waals surface area contributed by atoms with Crippen LogP contribution < -0.4 is 5.32 Å². The number of imidazole rings is 1. The van der Waals surface area contributed by atoms with Gasteiger partial charge < -0.3 is 14.6 Å². The molecule has 0 aliphatic heterocycles. The van der Waals surface area contributed by atoms with Crippen LogP contribution in [0.15, 0.2) is 6.20 Å². The third-order valence-corrected chi connectivity index (χ3v) is 2.93. The Morgan fingerprint density at radius 3 is 3.06 bits per heavy atom. The molecule has 0 aliphatic carbocycles. The Balaban J connectivity index is 2.46. The van der Waals surface area contributed by atoms with Gasteiger partial charge in [0.2, 0.25) is 5.95 Å². The lowest BCUT2D eigenvalue weighted by atomic mass is 10.4. The molecule has 0 saturated heterocycles. The maximum atomic E-state index is 5.01. The predicted octanol–water partition coefficient (Wildman–Crippen LogP) is 2.00. The van der Waals surface area contributed by atoms with Crippen molar-refractivity contribution in [3.8, 4) is 0 Å². The summed E-state index contributed by atoms with van der Waals surface area (Å²) < 4.78 is 7.19. The second-order valence-corrected chi connectivity index (χ2v) is 4.65. The highest BCUT2D eigenvalue weighted by Crippen LogP contribution is 2.10. The maximum Gasteiger partial charge on any atom is 0.203 e. The number of nitrogens with one attached hydrogen (secondary N) is 1. The highest BCUT2D eigenvalue weighted by atomic mass is 32.2. The van der Waals surface area contributed by atoms with Gasteiger partial charge >= 0.3 is 0 Å². The standard InChI is InChI=1S/C11H21N3OS/c1-10-9-14(6-4-8-16-3)11(13-10)12-5-7-15-2/h9H,4-8H2,1-3H3,(H,12,13). The minimum atomic E-state index is 0.705. The molecule has 0 aliphatic rings. The summed E-state index contributed by atoms with van der Waals surface area (Å²) in [6.07, 6.45) is 5.41. The summed E-state index contributed by atoms with van der Waals surface area (Å²) in [6, 6.07) is 0. The van der Waals surface area contributed by atoms with Crippen molar-refractivity contribution in [2.45, 2.75) is 19.9 Å². The van der Waals surface area contributed by atoms with Crippen molar-refractivity contribution in [2.75, 3.05) is 37.6 Å². The van der Waals surface area contributed by atoms with Gasteiger partial charge in [0.25, 0.3) is 0 Å². The quantitative estimate of drug-likeness (QED) is 0.709. The lowest BCUT2D eigenvalue weighted by Crippen LogP contribution is -2.12. The van der Waals surface area contributed by atoms with Crippen LogP contribution in [0.1, 0.15) is 12.1 Å². The van der Waals surface area contributed by atoms with Gasteiger partial charge in [-0.1, -0.05) is 0 Å². The van der Waals surface area contributed by atoms with Gasteiger partial charge in [0, 0.05) is 26.4 Å². The van der Waals surface area contributed by atoms with Crippen molar-refractivity contribution in [3.05, 3.63) is 11.9 Å². The Bertz CT molecular complexity index is 274. The van der Waals surface area contributed by atoms with Gasteiger partial charge in [-0.15, -0.1) is 0 Å². The first-order valence-electron chi connectivity index (χ1n) is 5.53. The molecule has 1 heterocycles. The number of aromatic nitrogens is 2. The van der Waals surface area contributed by atoms with Crippen molar-refractivity contribution >= 4 is 17.7 Å². The molecule has 1 rings (SSSR count). The van der Waals surface area contributed by atoms with Gasteiger partial charge in [0.15, 0.2) is 0 Å². The number of anilines is 1. The molecule has 1 aromatic heterocycles. The zero-order chi connectivity index (χ0) is 11.8. The lowest BCUT2D eigenvalue weighted by molar-refractivity contribution is 0.210. The summed E-state index contributed by atoms with van der Waals surface area (Å²) in [7, 11) is 1.71. The van der Waals surface area contributed by atoms with E-state index in [4.69, 9.17) is 4.74 Å². The van der Waals surface area contributed by atoms with E-state index in [0.717, 1.165) is 24.7 Å². The molecule has 16 heavy (non-hydrogen) atoms. The fourth-order valence-electron chi connectivity index (χ4n) is 1.50. The molecule has 0 saturated carbocycles. The molecular weight excluding hydrogens is 222 g/mol. The number of hydrogen-bond acceptors (Lipinski definition) is 4. The number of ether oxygens (including phenoxy) is 1. The number of methoxy groups -OCH3 is 1. The molecule has 5 heteroatoms. The average molecular weight is 243 g/mol. The molecule has 0 radical (unpaired) electrons. The van der Waals surface area contributed by atoms with E-state index in [2.05, 4.69) is 27.3 Å².